The number of nitrogens with one attached hydrogen (secondary N) is 1. The summed E-state index contributed by atoms with van der Waals surface area (Å²) in [7, 11) is 3.00. The monoisotopic (exact) mass is 236 g/mol. The SMILES string of the molecule is COC(=O)[C@@H]1C[C@H](c2cccc(OC)n2)CN1. The van der Waals surface area contributed by atoms with Gasteiger partial charge < -0.3 is 14.8 Å². The van der Waals surface area contributed by atoms with Crippen molar-refractivity contribution in [2.75, 3.05) is 20.8 Å². The van der Waals surface area contributed by atoms with Gasteiger partial charge in [0.25, 0.3) is 0 Å². The first-order valence-electron chi connectivity index (χ1n) is 5.56. The Hall–Kier alpha value is -1.62. The summed E-state index contributed by atoms with van der Waals surface area (Å²) in [5.41, 5.74) is 0.947. The summed E-state index contributed by atoms with van der Waals surface area (Å²) in [6.07, 6.45) is 0.715. The van der Waals surface area contributed by atoms with Gasteiger partial charge in [-0.2, -0.15) is 0 Å². The van der Waals surface area contributed by atoms with Crippen LogP contribution in [0.5, 0.6) is 5.88 Å². The second-order valence-electron chi connectivity index (χ2n) is 4.02. The van der Waals surface area contributed by atoms with E-state index in [1.165, 1.54) is 7.11 Å². The van der Waals surface area contributed by atoms with E-state index in [2.05, 4.69) is 10.3 Å². The van der Waals surface area contributed by atoms with E-state index in [9.17, 15) is 4.79 Å². The Morgan fingerprint density at radius 1 is 1.47 bits per heavy atom. The van der Waals surface area contributed by atoms with Crippen LogP contribution < -0.4 is 10.1 Å². The van der Waals surface area contributed by atoms with E-state index in [0.29, 0.717) is 12.3 Å². The van der Waals surface area contributed by atoms with Gasteiger partial charge in [0, 0.05) is 24.2 Å². The molecule has 2 atom stereocenters. The highest BCUT2D eigenvalue weighted by atomic mass is 16.5. The molecule has 1 aliphatic rings. The van der Waals surface area contributed by atoms with Gasteiger partial charge in [0.2, 0.25) is 5.88 Å². The van der Waals surface area contributed by atoms with Crippen molar-refractivity contribution in [3.05, 3.63) is 23.9 Å². The molecule has 2 heterocycles. The van der Waals surface area contributed by atoms with E-state index in [0.717, 1.165) is 12.2 Å². The molecule has 1 aromatic heterocycles. The number of pyridine rings is 1. The third-order valence-electron chi connectivity index (χ3n) is 2.99. The molecule has 2 rings (SSSR count). The predicted octanol–water partition coefficient (Wildman–Crippen LogP) is 0.709. The zero-order valence-corrected chi connectivity index (χ0v) is 9.97. The number of rotatable bonds is 3. The molecule has 0 bridgehead atoms. The Morgan fingerprint density at radius 2 is 2.29 bits per heavy atom. The molecule has 0 spiro atoms. The molecule has 0 amide bonds. The molecule has 0 unspecified atom stereocenters. The summed E-state index contributed by atoms with van der Waals surface area (Å²) in [6.45, 7) is 0.736. The van der Waals surface area contributed by atoms with Crippen molar-refractivity contribution < 1.29 is 14.3 Å². The van der Waals surface area contributed by atoms with Crippen molar-refractivity contribution in [1.82, 2.24) is 10.3 Å². The lowest BCUT2D eigenvalue weighted by molar-refractivity contribution is -0.142. The fourth-order valence-electron chi connectivity index (χ4n) is 2.05. The average molecular weight is 236 g/mol. The Kier molecular flexibility index (Phi) is 3.58. The van der Waals surface area contributed by atoms with Crippen LogP contribution in [0.1, 0.15) is 18.0 Å². The van der Waals surface area contributed by atoms with Gasteiger partial charge >= 0.3 is 5.97 Å². The van der Waals surface area contributed by atoms with Crippen molar-refractivity contribution in [3.63, 3.8) is 0 Å². The lowest BCUT2D eigenvalue weighted by Gasteiger charge is -2.09. The second-order valence-corrected chi connectivity index (χ2v) is 4.02. The van der Waals surface area contributed by atoms with Crippen LogP contribution in [0.15, 0.2) is 18.2 Å². The molecule has 0 saturated carbocycles. The first-order chi connectivity index (χ1) is 8.24. The van der Waals surface area contributed by atoms with Crippen LogP contribution >= 0.6 is 0 Å². The van der Waals surface area contributed by atoms with E-state index in [1.807, 2.05) is 18.2 Å². The quantitative estimate of drug-likeness (QED) is 0.783. The molecule has 0 aromatic carbocycles. The van der Waals surface area contributed by atoms with Crippen LogP contribution in [-0.2, 0) is 9.53 Å². The number of methoxy groups -OCH3 is 2. The first kappa shape index (κ1) is 11.9. The number of carbonyl (C=O) groups excluding carboxylic acids is 1. The first-order valence-corrected chi connectivity index (χ1v) is 5.56. The van der Waals surface area contributed by atoms with Crippen molar-refractivity contribution in [3.8, 4) is 5.88 Å². The number of aromatic nitrogens is 1. The van der Waals surface area contributed by atoms with Crippen LogP contribution in [0.3, 0.4) is 0 Å². The highest BCUT2D eigenvalue weighted by Gasteiger charge is 2.31. The largest absolute Gasteiger partial charge is 0.481 e. The highest BCUT2D eigenvalue weighted by Crippen LogP contribution is 2.25. The minimum Gasteiger partial charge on any atom is -0.481 e. The Bertz CT molecular complexity index is 408. The van der Waals surface area contributed by atoms with E-state index < -0.39 is 0 Å². The van der Waals surface area contributed by atoms with Crippen molar-refractivity contribution in [2.45, 2.75) is 18.4 Å². The molecule has 5 heteroatoms. The summed E-state index contributed by atoms with van der Waals surface area (Å²) < 4.78 is 9.80. The molecular formula is C12H16N2O3. The number of carbonyl (C=O) groups is 1. The van der Waals surface area contributed by atoms with Crippen LogP contribution in [0, 0.1) is 0 Å². The summed E-state index contributed by atoms with van der Waals surface area (Å²) in [5.74, 6) is 0.619. The Morgan fingerprint density at radius 3 is 3.00 bits per heavy atom. The molecule has 0 radical (unpaired) electrons. The fourth-order valence-corrected chi connectivity index (χ4v) is 2.05. The number of hydrogen-bond acceptors (Lipinski definition) is 5. The maximum Gasteiger partial charge on any atom is 0.322 e. The zero-order chi connectivity index (χ0) is 12.3. The third-order valence-corrected chi connectivity index (χ3v) is 2.99. The van der Waals surface area contributed by atoms with Crippen molar-refractivity contribution in [2.24, 2.45) is 0 Å². The van der Waals surface area contributed by atoms with Gasteiger partial charge in [-0.1, -0.05) is 6.07 Å². The zero-order valence-electron chi connectivity index (χ0n) is 9.97. The molecular weight excluding hydrogens is 220 g/mol. The third kappa shape index (κ3) is 2.55. The highest BCUT2D eigenvalue weighted by molar-refractivity contribution is 5.76. The van der Waals surface area contributed by atoms with Crippen LogP contribution in [0.25, 0.3) is 0 Å². The second kappa shape index (κ2) is 5.14. The molecule has 5 nitrogen and oxygen atoms in total. The lowest BCUT2D eigenvalue weighted by atomic mass is 10.0. The average Bonchev–Trinajstić information content (AvgIpc) is 2.87. The van der Waals surface area contributed by atoms with Crippen LogP contribution in [0.2, 0.25) is 0 Å². The van der Waals surface area contributed by atoms with Crippen LogP contribution in [0.4, 0.5) is 0 Å². The van der Waals surface area contributed by atoms with Gasteiger partial charge in [-0.15, -0.1) is 0 Å². The number of ether oxygens (including phenoxy) is 2. The normalized spacial score (nSPS) is 23.4. The van der Waals surface area contributed by atoms with E-state index in [1.54, 1.807) is 7.11 Å². The van der Waals surface area contributed by atoms with E-state index in [4.69, 9.17) is 9.47 Å². The summed E-state index contributed by atoms with van der Waals surface area (Å²) in [5, 5.41) is 3.14. The van der Waals surface area contributed by atoms with Crippen molar-refractivity contribution in [1.29, 1.82) is 0 Å². The molecule has 1 saturated heterocycles. The molecule has 92 valence electrons. The van der Waals surface area contributed by atoms with E-state index >= 15 is 0 Å². The van der Waals surface area contributed by atoms with Gasteiger partial charge in [0.05, 0.1) is 14.2 Å². The predicted molar refractivity (Wildman–Crippen MR) is 62.0 cm³/mol. The summed E-state index contributed by atoms with van der Waals surface area (Å²) >= 11 is 0. The van der Waals surface area contributed by atoms with E-state index in [-0.39, 0.29) is 17.9 Å². The number of hydrogen-bond donors (Lipinski definition) is 1. The van der Waals surface area contributed by atoms with Gasteiger partial charge in [-0.3, -0.25) is 4.79 Å². The topological polar surface area (TPSA) is 60.5 Å². The maximum atomic E-state index is 11.4. The number of esters is 1. The van der Waals surface area contributed by atoms with Gasteiger partial charge in [-0.25, -0.2) is 4.98 Å². The molecule has 1 N–H and O–H groups in total. The van der Waals surface area contributed by atoms with Gasteiger partial charge in [-0.05, 0) is 12.5 Å². The Balaban J connectivity index is 2.07. The smallest absolute Gasteiger partial charge is 0.322 e. The number of nitrogens with zero attached hydrogens (tertiary/aromatic N) is 1. The molecule has 17 heavy (non-hydrogen) atoms. The van der Waals surface area contributed by atoms with Crippen LogP contribution in [-0.4, -0.2) is 37.8 Å². The summed E-state index contributed by atoms with van der Waals surface area (Å²) in [4.78, 5) is 15.8. The standard InChI is InChI=1S/C12H16N2O3/c1-16-11-5-3-4-9(14-11)8-6-10(13-7-8)12(15)17-2/h3-5,8,10,13H,6-7H2,1-2H3/t8-,10-/m0/s1. The Labute approximate surface area is 100 Å². The fraction of sp³-hybridized carbons (Fsp3) is 0.500. The summed E-state index contributed by atoms with van der Waals surface area (Å²) in [6, 6.07) is 5.45. The molecule has 1 fully saturated rings. The minimum absolute atomic E-state index is 0.213. The van der Waals surface area contributed by atoms with Crippen molar-refractivity contribution >= 4 is 5.97 Å². The lowest BCUT2D eigenvalue weighted by Crippen LogP contribution is -2.31. The van der Waals surface area contributed by atoms with Gasteiger partial charge in [0.15, 0.2) is 0 Å². The van der Waals surface area contributed by atoms with Gasteiger partial charge in [0.1, 0.15) is 6.04 Å². The molecule has 1 aromatic rings. The molecule has 1 aliphatic heterocycles. The molecule has 0 aliphatic carbocycles. The minimum atomic E-state index is -0.224. The maximum absolute atomic E-state index is 11.4.